The van der Waals surface area contributed by atoms with Gasteiger partial charge in [0.05, 0.1) is 20.4 Å². The first-order valence-corrected chi connectivity index (χ1v) is 6.51. The molecule has 0 aliphatic heterocycles. The van der Waals surface area contributed by atoms with E-state index < -0.39 is 10.5 Å². The zero-order valence-electron chi connectivity index (χ0n) is 10.3. The van der Waals surface area contributed by atoms with Gasteiger partial charge in [0.1, 0.15) is 5.58 Å². The smallest absolute Gasteiger partial charge is 0.345 e. The van der Waals surface area contributed by atoms with Gasteiger partial charge in [0.25, 0.3) is 5.69 Å². The molecular formula is C13H8N2O4S. The van der Waals surface area contributed by atoms with Crippen molar-refractivity contribution >= 4 is 28.0 Å². The number of rotatable bonds is 2. The Morgan fingerprint density at radius 1 is 1.35 bits per heavy atom. The summed E-state index contributed by atoms with van der Waals surface area (Å²) < 4.78 is 5.19. The van der Waals surface area contributed by atoms with Gasteiger partial charge in [0.2, 0.25) is 0 Å². The lowest BCUT2D eigenvalue weighted by Gasteiger charge is -1.99. The zero-order valence-corrected chi connectivity index (χ0v) is 11.1. The molecule has 2 aromatic heterocycles. The maximum atomic E-state index is 11.9. The minimum Gasteiger partial charge on any atom is -0.422 e. The lowest BCUT2D eigenvalue weighted by molar-refractivity contribution is -0.384. The van der Waals surface area contributed by atoms with E-state index in [4.69, 9.17) is 4.42 Å². The highest BCUT2D eigenvalue weighted by Crippen LogP contribution is 2.27. The number of thiazole rings is 1. The quantitative estimate of drug-likeness (QED) is 0.411. The van der Waals surface area contributed by atoms with Crippen LogP contribution in [0, 0.1) is 17.0 Å². The fraction of sp³-hybridized carbons (Fsp3) is 0.0769. The molecule has 0 aliphatic rings. The molecular weight excluding hydrogens is 280 g/mol. The molecule has 0 atom stereocenters. The predicted octanol–water partition coefficient (Wildman–Crippen LogP) is 3.13. The summed E-state index contributed by atoms with van der Waals surface area (Å²) in [7, 11) is 0. The Bertz CT molecular complexity index is 881. The van der Waals surface area contributed by atoms with Crippen molar-refractivity contribution in [1.82, 2.24) is 4.98 Å². The summed E-state index contributed by atoms with van der Waals surface area (Å²) in [5.74, 6) is 0. The first kappa shape index (κ1) is 12.5. The molecule has 0 amide bonds. The van der Waals surface area contributed by atoms with Gasteiger partial charge >= 0.3 is 5.63 Å². The van der Waals surface area contributed by atoms with E-state index >= 15 is 0 Å². The van der Waals surface area contributed by atoms with Crippen LogP contribution in [0.15, 0.2) is 39.7 Å². The van der Waals surface area contributed by atoms with Crippen LogP contribution >= 0.6 is 11.3 Å². The minimum atomic E-state index is -0.485. The summed E-state index contributed by atoms with van der Waals surface area (Å²) in [6.07, 6.45) is 1.59. The second-order valence-electron chi connectivity index (χ2n) is 4.17. The van der Waals surface area contributed by atoms with Crippen molar-refractivity contribution in [2.24, 2.45) is 0 Å². The average molecular weight is 288 g/mol. The van der Waals surface area contributed by atoms with E-state index in [0.717, 1.165) is 5.01 Å². The van der Waals surface area contributed by atoms with Crippen LogP contribution in [0.5, 0.6) is 0 Å². The van der Waals surface area contributed by atoms with E-state index in [-0.39, 0.29) is 5.69 Å². The Hall–Kier alpha value is -2.54. The number of non-ortho nitro benzene ring substituents is 1. The molecule has 3 aromatic rings. The number of fused-ring (bicyclic) bond motifs is 1. The van der Waals surface area contributed by atoms with Gasteiger partial charge in [-0.2, -0.15) is 0 Å². The van der Waals surface area contributed by atoms with E-state index in [1.165, 1.54) is 29.5 Å². The molecule has 6 nitrogen and oxygen atoms in total. The van der Waals surface area contributed by atoms with E-state index in [0.29, 0.717) is 21.4 Å². The Morgan fingerprint density at radius 3 is 2.80 bits per heavy atom. The minimum absolute atomic E-state index is 0.0437. The topological polar surface area (TPSA) is 86.2 Å². The van der Waals surface area contributed by atoms with Gasteiger partial charge < -0.3 is 4.42 Å². The largest absolute Gasteiger partial charge is 0.422 e. The number of nitro groups is 1. The first-order valence-electron chi connectivity index (χ1n) is 5.70. The van der Waals surface area contributed by atoms with Gasteiger partial charge in [-0.05, 0) is 19.1 Å². The van der Waals surface area contributed by atoms with Gasteiger partial charge in [-0.1, -0.05) is 0 Å². The van der Waals surface area contributed by atoms with Crippen molar-refractivity contribution in [3.05, 3.63) is 56.0 Å². The Balaban J connectivity index is 2.25. The third-order valence-corrected chi connectivity index (χ3v) is 3.76. The predicted molar refractivity (Wildman–Crippen MR) is 75.0 cm³/mol. The van der Waals surface area contributed by atoms with Gasteiger partial charge in [0, 0.05) is 23.7 Å². The summed E-state index contributed by atoms with van der Waals surface area (Å²) >= 11 is 1.37. The van der Waals surface area contributed by atoms with Crippen LogP contribution < -0.4 is 5.63 Å². The van der Waals surface area contributed by atoms with Crippen LogP contribution in [0.25, 0.3) is 21.4 Å². The third-order valence-electron chi connectivity index (χ3n) is 2.81. The lowest BCUT2D eigenvalue weighted by atomic mass is 10.1. The second kappa shape index (κ2) is 4.53. The van der Waals surface area contributed by atoms with Gasteiger partial charge in [0.15, 0.2) is 0 Å². The molecule has 7 heteroatoms. The fourth-order valence-electron chi connectivity index (χ4n) is 1.88. The highest BCUT2D eigenvalue weighted by Gasteiger charge is 2.13. The van der Waals surface area contributed by atoms with Gasteiger partial charge in [-0.3, -0.25) is 10.1 Å². The van der Waals surface area contributed by atoms with Crippen LogP contribution in [0.2, 0.25) is 0 Å². The third kappa shape index (κ3) is 2.08. The fourth-order valence-corrected chi connectivity index (χ4v) is 2.66. The molecule has 100 valence electrons. The molecule has 0 aliphatic carbocycles. The van der Waals surface area contributed by atoms with Crippen LogP contribution in [0.1, 0.15) is 5.01 Å². The van der Waals surface area contributed by atoms with E-state index in [9.17, 15) is 14.9 Å². The summed E-state index contributed by atoms with van der Waals surface area (Å²) in [6.45, 7) is 1.83. The Morgan fingerprint density at radius 2 is 2.15 bits per heavy atom. The highest BCUT2D eigenvalue weighted by molar-refractivity contribution is 7.15. The molecule has 0 bridgehead atoms. The molecule has 0 N–H and O–H groups in total. The monoisotopic (exact) mass is 288 g/mol. The summed E-state index contributed by atoms with van der Waals surface area (Å²) in [4.78, 5) is 27.0. The summed E-state index contributed by atoms with van der Waals surface area (Å²) in [6, 6.07) is 5.72. The van der Waals surface area contributed by atoms with Gasteiger partial charge in [-0.25, -0.2) is 9.78 Å². The molecule has 3 rings (SSSR count). The number of aryl methyl sites for hydroxylation is 1. The van der Waals surface area contributed by atoms with Gasteiger partial charge in [-0.15, -0.1) is 11.3 Å². The average Bonchev–Trinajstić information content (AvgIpc) is 2.83. The van der Waals surface area contributed by atoms with Crippen molar-refractivity contribution in [3.63, 3.8) is 0 Å². The lowest BCUT2D eigenvalue weighted by Crippen LogP contribution is -2.01. The standard InChI is InChI=1S/C13H8N2O4S/c1-7-14-6-12(20-7)10-5-8-4-9(15(17)18)2-3-11(8)19-13(10)16/h2-6H,1H3. The molecule has 0 unspecified atom stereocenters. The van der Waals surface area contributed by atoms with Crippen molar-refractivity contribution in [2.75, 3.05) is 0 Å². The molecule has 0 radical (unpaired) electrons. The van der Waals surface area contributed by atoms with Crippen LogP contribution in [-0.4, -0.2) is 9.91 Å². The highest BCUT2D eigenvalue weighted by atomic mass is 32.1. The van der Waals surface area contributed by atoms with Crippen LogP contribution in [-0.2, 0) is 0 Å². The van der Waals surface area contributed by atoms with Crippen molar-refractivity contribution in [3.8, 4) is 10.4 Å². The normalized spacial score (nSPS) is 10.8. The summed E-state index contributed by atoms with van der Waals surface area (Å²) in [5.41, 5.74) is 0.168. The van der Waals surface area contributed by atoms with E-state index in [1.807, 2.05) is 6.92 Å². The molecule has 0 spiro atoms. The Kier molecular flexibility index (Phi) is 2.83. The second-order valence-corrected chi connectivity index (χ2v) is 5.41. The van der Waals surface area contributed by atoms with Crippen molar-refractivity contribution in [1.29, 1.82) is 0 Å². The Labute approximate surface area is 116 Å². The number of nitro benzene ring substituents is 1. The maximum Gasteiger partial charge on any atom is 0.345 e. The van der Waals surface area contributed by atoms with Crippen LogP contribution in [0.3, 0.4) is 0 Å². The summed E-state index contributed by atoms with van der Waals surface area (Å²) in [5, 5.41) is 12.1. The van der Waals surface area contributed by atoms with Crippen molar-refractivity contribution < 1.29 is 9.34 Å². The van der Waals surface area contributed by atoms with E-state index in [1.54, 1.807) is 12.3 Å². The number of benzene rings is 1. The van der Waals surface area contributed by atoms with Crippen LogP contribution in [0.4, 0.5) is 5.69 Å². The molecule has 2 heterocycles. The molecule has 0 fully saturated rings. The molecule has 0 saturated heterocycles. The molecule has 20 heavy (non-hydrogen) atoms. The SMILES string of the molecule is Cc1ncc(-c2cc3cc([N+](=O)[O-])ccc3oc2=O)s1. The number of nitrogens with zero attached hydrogens (tertiary/aromatic N) is 2. The van der Waals surface area contributed by atoms with E-state index in [2.05, 4.69) is 4.98 Å². The van der Waals surface area contributed by atoms with Crippen molar-refractivity contribution in [2.45, 2.75) is 6.92 Å². The maximum absolute atomic E-state index is 11.9. The number of hydrogen-bond donors (Lipinski definition) is 0. The number of hydrogen-bond acceptors (Lipinski definition) is 6. The first-order chi connectivity index (χ1) is 9.54. The molecule has 0 saturated carbocycles. The molecule has 1 aromatic carbocycles. The number of aromatic nitrogens is 1. The zero-order chi connectivity index (χ0) is 14.3.